The third-order valence-electron chi connectivity index (χ3n) is 3.27. The third kappa shape index (κ3) is 3.42. The topological polar surface area (TPSA) is 52.1 Å². The first-order valence-electron chi connectivity index (χ1n) is 6.27. The maximum absolute atomic E-state index is 11.9. The summed E-state index contributed by atoms with van der Waals surface area (Å²) in [5.74, 6) is 0.331. The summed E-state index contributed by atoms with van der Waals surface area (Å²) in [5.41, 5.74) is 0.908. The zero-order valence-electron chi connectivity index (χ0n) is 10.6. The van der Waals surface area contributed by atoms with E-state index in [1.807, 2.05) is 0 Å². The van der Waals surface area contributed by atoms with Gasteiger partial charge in [0.2, 0.25) is 5.28 Å². The fraction of sp³-hybridized carbons (Fsp3) is 0.615. The minimum absolute atomic E-state index is 0.0164. The van der Waals surface area contributed by atoms with Crippen molar-refractivity contribution in [1.29, 1.82) is 0 Å². The molecule has 0 radical (unpaired) electrons. The maximum Gasteiger partial charge on any atom is 0.357 e. The number of esters is 1. The van der Waals surface area contributed by atoms with Crippen molar-refractivity contribution < 1.29 is 9.53 Å². The maximum atomic E-state index is 11.9. The Kier molecular flexibility index (Phi) is 4.17. The number of hydrogen-bond donors (Lipinski definition) is 0. The van der Waals surface area contributed by atoms with Gasteiger partial charge in [-0.3, -0.25) is 0 Å². The second-order valence-electron chi connectivity index (χ2n) is 4.95. The molecule has 1 saturated carbocycles. The predicted molar refractivity (Wildman–Crippen MR) is 68.6 cm³/mol. The Bertz CT molecular complexity index is 422. The summed E-state index contributed by atoms with van der Waals surface area (Å²) < 4.78 is 5.45. The highest BCUT2D eigenvalue weighted by atomic mass is 35.5. The lowest BCUT2D eigenvalue weighted by Crippen LogP contribution is -2.24. The number of aryl methyl sites for hydroxylation is 1. The zero-order chi connectivity index (χ0) is 13.1. The van der Waals surface area contributed by atoms with Crippen molar-refractivity contribution in [2.24, 2.45) is 5.92 Å². The summed E-state index contributed by atoms with van der Waals surface area (Å²) in [6, 6.07) is 1.60. The lowest BCUT2D eigenvalue weighted by molar-refractivity contribution is 0.0167. The molecule has 0 bridgehead atoms. The Hall–Kier alpha value is -1.16. The van der Waals surface area contributed by atoms with Gasteiger partial charge >= 0.3 is 5.97 Å². The lowest BCUT2D eigenvalue weighted by atomic mass is 9.89. The van der Waals surface area contributed by atoms with Gasteiger partial charge in [0.05, 0.1) is 0 Å². The Morgan fingerprint density at radius 1 is 1.33 bits per heavy atom. The molecule has 1 aliphatic carbocycles. The van der Waals surface area contributed by atoms with Crippen LogP contribution in [0.1, 0.15) is 48.8 Å². The average molecular weight is 269 g/mol. The first kappa shape index (κ1) is 13.3. The van der Waals surface area contributed by atoms with E-state index in [4.69, 9.17) is 16.3 Å². The van der Waals surface area contributed by atoms with Crippen LogP contribution in [0.15, 0.2) is 6.07 Å². The number of halogens is 1. The quantitative estimate of drug-likeness (QED) is 0.611. The van der Waals surface area contributed by atoms with Crippen LogP contribution in [0.2, 0.25) is 5.28 Å². The van der Waals surface area contributed by atoms with Crippen LogP contribution in [0.25, 0.3) is 0 Å². The van der Waals surface area contributed by atoms with Crippen molar-refractivity contribution >= 4 is 17.6 Å². The molecule has 1 aromatic rings. The Morgan fingerprint density at radius 2 is 2.00 bits per heavy atom. The number of carbonyl (C=O) groups excluding carboxylic acids is 1. The monoisotopic (exact) mass is 268 g/mol. The van der Waals surface area contributed by atoms with E-state index < -0.39 is 5.97 Å². The van der Waals surface area contributed by atoms with E-state index in [0.29, 0.717) is 5.69 Å². The molecule has 0 aromatic carbocycles. The van der Waals surface area contributed by atoms with E-state index in [9.17, 15) is 4.79 Å². The van der Waals surface area contributed by atoms with E-state index in [1.165, 1.54) is 0 Å². The SMILES string of the molecule is Cc1cc(C(=O)OC2CCC(C)CC2)nc(Cl)n1. The lowest BCUT2D eigenvalue weighted by Gasteiger charge is -2.25. The Labute approximate surface area is 112 Å². The first-order valence-corrected chi connectivity index (χ1v) is 6.64. The second kappa shape index (κ2) is 5.65. The number of ether oxygens (including phenoxy) is 1. The first-order chi connectivity index (χ1) is 8.54. The summed E-state index contributed by atoms with van der Waals surface area (Å²) in [6.45, 7) is 4.00. The third-order valence-corrected chi connectivity index (χ3v) is 3.44. The second-order valence-corrected chi connectivity index (χ2v) is 5.29. The fourth-order valence-electron chi connectivity index (χ4n) is 2.20. The number of hydrogen-bond acceptors (Lipinski definition) is 4. The number of rotatable bonds is 2. The highest BCUT2D eigenvalue weighted by Crippen LogP contribution is 2.26. The van der Waals surface area contributed by atoms with Crippen molar-refractivity contribution in [3.63, 3.8) is 0 Å². The minimum Gasteiger partial charge on any atom is -0.458 e. The van der Waals surface area contributed by atoms with E-state index in [0.717, 1.165) is 31.6 Å². The fourth-order valence-corrected chi connectivity index (χ4v) is 2.42. The van der Waals surface area contributed by atoms with Gasteiger partial charge in [-0.25, -0.2) is 14.8 Å². The molecule has 2 rings (SSSR count). The van der Waals surface area contributed by atoms with Crippen LogP contribution in [0.4, 0.5) is 0 Å². The highest BCUT2D eigenvalue weighted by molar-refractivity contribution is 6.28. The molecule has 18 heavy (non-hydrogen) atoms. The molecule has 1 aromatic heterocycles. The molecule has 0 N–H and O–H groups in total. The van der Waals surface area contributed by atoms with Crippen LogP contribution < -0.4 is 0 Å². The molecule has 0 amide bonds. The zero-order valence-corrected chi connectivity index (χ0v) is 11.4. The standard InChI is InChI=1S/C13H17ClN2O2/c1-8-3-5-10(6-4-8)18-12(17)11-7-9(2)15-13(14)16-11/h7-8,10H,3-6H2,1-2H3. The van der Waals surface area contributed by atoms with Crippen LogP contribution in [0.5, 0.6) is 0 Å². The molecular formula is C13H17ClN2O2. The molecule has 1 fully saturated rings. The summed E-state index contributed by atoms with van der Waals surface area (Å²) >= 11 is 5.73. The Morgan fingerprint density at radius 3 is 2.61 bits per heavy atom. The van der Waals surface area contributed by atoms with Crippen LogP contribution in [-0.4, -0.2) is 22.0 Å². The molecule has 1 heterocycles. The molecule has 98 valence electrons. The van der Waals surface area contributed by atoms with Gasteiger partial charge in [-0.1, -0.05) is 6.92 Å². The van der Waals surface area contributed by atoms with Crippen LogP contribution in [0, 0.1) is 12.8 Å². The van der Waals surface area contributed by atoms with E-state index in [2.05, 4.69) is 16.9 Å². The molecular weight excluding hydrogens is 252 g/mol. The van der Waals surface area contributed by atoms with Gasteiger partial charge in [0.1, 0.15) is 6.10 Å². The molecule has 0 aliphatic heterocycles. The molecule has 0 atom stereocenters. The van der Waals surface area contributed by atoms with Gasteiger partial charge in [0.15, 0.2) is 5.69 Å². The Balaban J connectivity index is 1.99. The van der Waals surface area contributed by atoms with Crippen molar-refractivity contribution in [1.82, 2.24) is 9.97 Å². The molecule has 0 saturated heterocycles. The van der Waals surface area contributed by atoms with Crippen LogP contribution in [-0.2, 0) is 4.74 Å². The number of nitrogens with zero attached hydrogens (tertiary/aromatic N) is 2. The van der Waals surface area contributed by atoms with Crippen LogP contribution >= 0.6 is 11.6 Å². The van der Waals surface area contributed by atoms with Crippen molar-refractivity contribution in [2.75, 3.05) is 0 Å². The molecule has 1 aliphatic rings. The predicted octanol–water partition coefficient (Wildman–Crippen LogP) is 3.17. The highest BCUT2D eigenvalue weighted by Gasteiger charge is 2.23. The van der Waals surface area contributed by atoms with Gasteiger partial charge < -0.3 is 4.74 Å². The minimum atomic E-state index is -0.401. The van der Waals surface area contributed by atoms with E-state index in [-0.39, 0.29) is 17.1 Å². The summed E-state index contributed by atoms with van der Waals surface area (Å²) in [6.07, 6.45) is 4.11. The summed E-state index contributed by atoms with van der Waals surface area (Å²) in [4.78, 5) is 19.7. The normalized spacial score (nSPS) is 23.7. The van der Waals surface area contributed by atoms with Crippen molar-refractivity contribution in [3.8, 4) is 0 Å². The van der Waals surface area contributed by atoms with E-state index >= 15 is 0 Å². The molecule has 0 unspecified atom stereocenters. The van der Waals surface area contributed by atoms with Gasteiger partial charge in [-0.05, 0) is 56.2 Å². The van der Waals surface area contributed by atoms with E-state index in [1.54, 1.807) is 13.0 Å². The van der Waals surface area contributed by atoms with Gasteiger partial charge in [-0.2, -0.15) is 0 Å². The molecule has 5 heteroatoms. The van der Waals surface area contributed by atoms with Gasteiger partial charge in [-0.15, -0.1) is 0 Å². The van der Waals surface area contributed by atoms with Gasteiger partial charge in [0, 0.05) is 5.69 Å². The summed E-state index contributed by atoms with van der Waals surface area (Å²) in [7, 11) is 0. The summed E-state index contributed by atoms with van der Waals surface area (Å²) in [5, 5.41) is 0.0826. The van der Waals surface area contributed by atoms with Gasteiger partial charge in [0.25, 0.3) is 0 Å². The average Bonchev–Trinajstić information content (AvgIpc) is 2.31. The smallest absolute Gasteiger partial charge is 0.357 e. The molecule has 4 nitrogen and oxygen atoms in total. The molecule has 0 spiro atoms. The number of carbonyl (C=O) groups is 1. The number of aromatic nitrogens is 2. The van der Waals surface area contributed by atoms with Crippen molar-refractivity contribution in [3.05, 3.63) is 22.7 Å². The van der Waals surface area contributed by atoms with Crippen molar-refractivity contribution in [2.45, 2.75) is 45.6 Å². The van der Waals surface area contributed by atoms with Crippen LogP contribution in [0.3, 0.4) is 0 Å². The largest absolute Gasteiger partial charge is 0.458 e.